The number of amidine groups is 1. The van der Waals surface area contributed by atoms with Gasteiger partial charge in [0.1, 0.15) is 5.82 Å². The SMILES string of the molecule is COC(=O)/C=C1/S/C(=N\N=Cc2ccc(Br)c(F)c2CBr)NC1=O. The van der Waals surface area contributed by atoms with Gasteiger partial charge in [0.05, 0.1) is 22.7 Å². The van der Waals surface area contributed by atoms with E-state index in [1.807, 2.05) is 0 Å². The molecule has 1 aromatic carbocycles. The smallest absolute Gasteiger partial charge is 0.331 e. The highest BCUT2D eigenvalue weighted by atomic mass is 79.9. The fraction of sp³-hybridized carbons (Fsp3) is 0.143. The maximum absolute atomic E-state index is 14.0. The number of ether oxygens (including phenoxy) is 1. The summed E-state index contributed by atoms with van der Waals surface area (Å²) in [6.07, 6.45) is 2.45. The quantitative estimate of drug-likeness (QED) is 0.237. The van der Waals surface area contributed by atoms with Crippen LogP contribution in [0, 0.1) is 5.82 Å². The summed E-state index contributed by atoms with van der Waals surface area (Å²) in [6, 6.07) is 3.26. The molecule has 1 fully saturated rings. The normalized spacial score (nSPS) is 17.8. The Morgan fingerprint density at radius 3 is 2.92 bits per heavy atom. The first-order chi connectivity index (χ1) is 11.5. The number of methoxy groups -OCH3 is 1. The summed E-state index contributed by atoms with van der Waals surface area (Å²) >= 11 is 7.30. The largest absolute Gasteiger partial charge is 0.466 e. The van der Waals surface area contributed by atoms with Crippen molar-refractivity contribution in [2.24, 2.45) is 10.2 Å². The van der Waals surface area contributed by atoms with E-state index in [1.54, 1.807) is 12.1 Å². The number of hydrogen-bond acceptors (Lipinski definition) is 6. The van der Waals surface area contributed by atoms with Gasteiger partial charge in [-0.25, -0.2) is 9.18 Å². The van der Waals surface area contributed by atoms with E-state index in [0.29, 0.717) is 20.9 Å². The fourth-order valence-corrected chi connectivity index (χ4v) is 3.33. The van der Waals surface area contributed by atoms with E-state index in [0.717, 1.165) is 17.8 Å². The van der Waals surface area contributed by atoms with Crippen LogP contribution in [0.2, 0.25) is 0 Å². The Morgan fingerprint density at radius 1 is 1.50 bits per heavy atom. The van der Waals surface area contributed by atoms with Crippen LogP contribution in [-0.2, 0) is 19.7 Å². The van der Waals surface area contributed by atoms with Crippen molar-refractivity contribution in [3.05, 3.63) is 44.5 Å². The second kappa shape index (κ2) is 8.54. The van der Waals surface area contributed by atoms with Crippen molar-refractivity contribution in [2.45, 2.75) is 5.33 Å². The van der Waals surface area contributed by atoms with Crippen LogP contribution in [0.3, 0.4) is 0 Å². The van der Waals surface area contributed by atoms with Crippen LogP contribution < -0.4 is 5.32 Å². The lowest BCUT2D eigenvalue weighted by Crippen LogP contribution is -2.19. The van der Waals surface area contributed by atoms with Gasteiger partial charge in [-0.1, -0.05) is 22.0 Å². The number of nitrogens with one attached hydrogen (secondary N) is 1. The van der Waals surface area contributed by atoms with Crippen molar-refractivity contribution >= 4 is 66.9 Å². The molecule has 0 unspecified atom stereocenters. The van der Waals surface area contributed by atoms with Gasteiger partial charge in [-0.05, 0) is 33.8 Å². The van der Waals surface area contributed by atoms with Crippen LogP contribution >= 0.6 is 43.6 Å². The van der Waals surface area contributed by atoms with Crippen molar-refractivity contribution in [1.82, 2.24) is 5.32 Å². The lowest BCUT2D eigenvalue weighted by Gasteiger charge is -2.04. The molecule has 1 saturated heterocycles. The monoisotopic (exact) mass is 477 g/mol. The van der Waals surface area contributed by atoms with Gasteiger partial charge in [-0.3, -0.25) is 10.1 Å². The summed E-state index contributed by atoms with van der Waals surface area (Å²) in [5, 5.41) is 10.7. The molecule has 10 heteroatoms. The Hall–Kier alpha value is -1.52. The molecule has 0 atom stereocenters. The minimum Gasteiger partial charge on any atom is -0.466 e. The van der Waals surface area contributed by atoms with Gasteiger partial charge in [0.25, 0.3) is 5.91 Å². The van der Waals surface area contributed by atoms with Gasteiger partial charge < -0.3 is 4.74 Å². The number of alkyl halides is 1. The molecule has 1 heterocycles. The number of esters is 1. The molecular weight excluding hydrogens is 469 g/mol. The number of carbonyl (C=O) groups is 2. The molecule has 6 nitrogen and oxygen atoms in total. The van der Waals surface area contributed by atoms with Crippen molar-refractivity contribution < 1.29 is 18.7 Å². The van der Waals surface area contributed by atoms with E-state index < -0.39 is 11.9 Å². The molecular formula is C14H10Br2FN3O3S. The van der Waals surface area contributed by atoms with E-state index >= 15 is 0 Å². The van der Waals surface area contributed by atoms with Crippen molar-refractivity contribution in [3.63, 3.8) is 0 Å². The van der Waals surface area contributed by atoms with Gasteiger partial charge in [-0.15, -0.1) is 5.10 Å². The van der Waals surface area contributed by atoms with Gasteiger partial charge in [-0.2, -0.15) is 5.10 Å². The van der Waals surface area contributed by atoms with Crippen LogP contribution in [0.5, 0.6) is 0 Å². The number of thioether (sulfide) groups is 1. The Balaban J connectivity index is 2.16. The zero-order valence-electron chi connectivity index (χ0n) is 12.2. The Labute approximate surface area is 157 Å². The summed E-state index contributed by atoms with van der Waals surface area (Å²) in [5.41, 5.74) is 0.985. The molecule has 1 aliphatic rings. The van der Waals surface area contributed by atoms with Crippen molar-refractivity contribution in [1.29, 1.82) is 0 Å². The van der Waals surface area contributed by atoms with Gasteiger partial charge in [0.15, 0.2) is 5.17 Å². The summed E-state index contributed by atoms with van der Waals surface area (Å²) in [7, 11) is 1.22. The highest BCUT2D eigenvalue weighted by Gasteiger charge is 2.25. The number of benzene rings is 1. The molecule has 0 spiro atoms. The predicted octanol–water partition coefficient (Wildman–Crippen LogP) is 3.09. The summed E-state index contributed by atoms with van der Waals surface area (Å²) in [4.78, 5) is 23.0. The Morgan fingerprint density at radius 2 is 2.25 bits per heavy atom. The van der Waals surface area contributed by atoms with E-state index in [-0.39, 0.29) is 15.9 Å². The summed E-state index contributed by atoms with van der Waals surface area (Å²) in [5.74, 6) is -1.48. The number of carbonyl (C=O) groups excluding carboxylic acids is 2. The third-order valence-electron chi connectivity index (χ3n) is 2.81. The number of nitrogens with zero attached hydrogens (tertiary/aromatic N) is 2. The standard InChI is InChI=1S/C14H10Br2FN3O3S/c1-23-11(21)4-10-13(22)19-14(24-10)20-18-6-7-2-3-9(16)12(17)8(7)5-15/h2-4,6H,5H2,1H3,(H,19,20,22)/b10-4+,18-6?. The van der Waals surface area contributed by atoms with Crippen LogP contribution in [0.15, 0.2) is 37.8 Å². The lowest BCUT2D eigenvalue weighted by molar-refractivity contribution is -0.135. The lowest BCUT2D eigenvalue weighted by atomic mass is 10.1. The van der Waals surface area contributed by atoms with E-state index in [1.165, 1.54) is 13.3 Å². The zero-order chi connectivity index (χ0) is 17.7. The van der Waals surface area contributed by atoms with Crippen LogP contribution in [-0.4, -0.2) is 30.4 Å². The van der Waals surface area contributed by atoms with Crippen LogP contribution in [0.4, 0.5) is 4.39 Å². The second-order valence-electron chi connectivity index (χ2n) is 4.30. The number of amides is 1. The van der Waals surface area contributed by atoms with Crippen molar-refractivity contribution in [3.8, 4) is 0 Å². The molecule has 126 valence electrons. The molecule has 1 aliphatic heterocycles. The first-order valence-corrected chi connectivity index (χ1v) is 9.12. The topological polar surface area (TPSA) is 80.1 Å². The van der Waals surface area contributed by atoms with Crippen LogP contribution in [0.1, 0.15) is 11.1 Å². The third kappa shape index (κ3) is 4.52. The second-order valence-corrected chi connectivity index (χ2v) is 6.75. The minimum atomic E-state index is -0.635. The Bertz CT molecular complexity index is 781. The van der Waals surface area contributed by atoms with E-state index in [9.17, 15) is 14.0 Å². The molecule has 0 bridgehead atoms. The number of rotatable bonds is 4. The molecule has 0 saturated carbocycles. The first-order valence-electron chi connectivity index (χ1n) is 6.39. The van der Waals surface area contributed by atoms with E-state index in [2.05, 4.69) is 52.1 Å². The van der Waals surface area contributed by atoms with Gasteiger partial charge >= 0.3 is 5.97 Å². The maximum atomic E-state index is 14.0. The molecule has 0 aliphatic carbocycles. The summed E-state index contributed by atoms with van der Waals surface area (Å²) < 4.78 is 18.8. The highest BCUT2D eigenvalue weighted by molar-refractivity contribution is 9.10. The molecule has 0 radical (unpaired) electrons. The zero-order valence-corrected chi connectivity index (χ0v) is 16.2. The molecule has 1 N–H and O–H groups in total. The third-order valence-corrected chi connectivity index (χ3v) is 4.89. The summed E-state index contributed by atoms with van der Waals surface area (Å²) in [6.45, 7) is 0. The number of hydrogen-bond donors (Lipinski definition) is 1. The van der Waals surface area contributed by atoms with Crippen molar-refractivity contribution in [2.75, 3.05) is 7.11 Å². The number of halogens is 3. The fourth-order valence-electron chi connectivity index (χ4n) is 1.65. The average Bonchev–Trinajstić information content (AvgIpc) is 2.90. The molecule has 1 amide bonds. The van der Waals surface area contributed by atoms with Crippen LogP contribution in [0.25, 0.3) is 0 Å². The maximum Gasteiger partial charge on any atom is 0.331 e. The highest BCUT2D eigenvalue weighted by Crippen LogP contribution is 2.25. The molecule has 24 heavy (non-hydrogen) atoms. The molecule has 2 rings (SSSR count). The van der Waals surface area contributed by atoms with E-state index in [4.69, 9.17) is 0 Å². The minimum absolute atomic E-state index is 0.159. The Kier molecular flexibility index (Phi) is 6.69. The molecule has 1 aromatic rings. The molecule has 0 aromatic heterocycles. The average molecular weight is 479 g/mol. The first kappa shape index (κ1) is 18.8. The predicted molar refractivity (Wildman–Crippen MR) is 97.6 cm³/mol. The van der Waals surface area contributed by atoms with Gasteiger partial charge in [0.2, 0.25) is 0 Å². The van der Waals surface area contributed by atoms with Gasteiger partial charge in [0, 0.05) is 22.5 Å².